The van der Waals surface area contributed by atoms with Gasteiger partial charge >= 0.3 is 23.1 Å². The minimum Gasteiger partial charge on any atom is -0.0149 e. The van der Waals surface area contributed by atoms with Gasteiger partial charge < -0.3 is 0 Å². The van der Waals surface area contributed by atoms with Crippen LogP contribution in [0, 0.1) is 0 Å². The van der Waals surface area contributed by atoms with Gasteiger partial charge in [0, 0.05) is 0 Å². The molecular formula is H13AlMgSi2. The Morgan fingerprint density at radius 1 is 0.750 bits per heavy atom. The highest BCUT2D eigenvalue weighted by Crippen LogP contribution is -0.378. The summed E-state index contributed by atoms with van der Waals surface area (Å²) in [5, 5.41) is 0. The number of hydrogen-bond donors (Lipinski definition) is 0. The fourth-order valence-corrected chi connectivity index (χ4v) is 0. The lowest BCUT2D eigenvalue weighted by atomic mass is 24.3. The van der Waals surface area contributed by atoms with E-state index in [2.05, 4.69) is 0 Å². The average molecular weight is 121 g/mol. The Labute approximate surface area is 62.1 Å². The van der Waals surface area contributed by atoms with E-state index in [-0.39, 0.29) is 62.3 Å². The first-order chi connectivity index (χ1) is 0. The van der Waals surface area contributed by atoms with E-state index >= 15 is 0 Å². The summed E-state index contributed by atoms with van der Waals surface area (Å²) in [6, 6.07) is 0. The van der Waals surface area contributed by atoms with Crippen molar-refractivity contribution in [2.24, 2.45) is 0 Å². The second kappa shape index (κ2) is 22.0. The van der Waals surface area contributed by atoms with Crippen molar-refractivity contribution in [1.82, 2.24) is 0 Å². The maximum absolute atomic E-state index is 0. The van der Waals surface area contributed by atoms with Gasteiger partial charge in [0.25, 0.3) is 0 Å². The topological polar surface area (TPSA) is 0 Å². The van der Waals surface area contributed by atoms with E-state index in [0.29, 0.717) is 0 Å². The number of hydrogen-bond acceptors (Lipinski definition) is 0. The fraction of sp³-hybridized carbons (Fsp3) is 0. The van der Waals surface area contributed by atoms with E-state index in [1.54, 1.807) is 0 Å². The SMILES string of the molecule is [AlH3].[MgH2].[SiH4].[SiH4]. The lowest BCUT2D eigenvalue weighted by Gasteiger charge is -0.0159. The smallest absolute Gasteiger partial charge is 0.0149 e. The highest BCUT2D eigenvalue weighted by Gasteiger charge is 0.316. The predicted molar refractivity (Wildman–Crippen MR) is 41.2 cm³/mol. The van der Waals surface area contributed by atoms with Crippen molar-refractivity contribution in [2.45, 2.75) is 0 Å². The molecule has 0 saturated heterocycles. The Bertz CT molecular complexity index is 6.00. The van der Waals surface area contributed by atoms with Crippen molar-refractivity contribution in [1.29, 1.82) is 0 Å². The van der Waals surface area contributed by atoms with E-state index < -0.39 is 0 Å². The van der Waals surface area contributed by atoms with Crippen molar-refractivity contribution in [3.05, 3.63) is 0 Å². The van der Waals surface area contributed by atoms with Crippen LogP contribution in [0.3, 0.4) is 0 Å². The molecule has 0 aromatic rings. The predicted octanol–water partition coefficient (Wildman–Crippen LogP) is -5.00. The van der Waals surface area contributed by atoms with E-state index in [1.165, 1.54) is 0 Å². The third-order valence-electron chi connectivity index (χ3n) is 0. The molecule has 0 aliphatic rings. The highest BCUT2D eigenvalue weighted by molar-refractivity contribution is 5.76. The average Bonchev–Trinajstić information content (AvgIpc) is 0. The van der Waals surface area contributed by atoms with Gasteiger partial charge in [0.15, 0.2) is 17.4 Å². The largest absolute Gasteiger partial charge is 0.316 e. The van der Waals surface area contributed by atoms with Crippen LogP contribution in [0.4, 0.5) is 0 Å². The minimum absolute atomic E-state index is 0. The Morgan fingerprint density at radius 2 is 0.750 bits per heavy atom. The third-order valence-corrected chi connectivity index (χ3v) is 0. The van der Waals surface area contributed by atoms with Crippen LogP contribution in [0.5, 0.6) is 0 Å². The maximum atomic E-state index is 0. The van der Waals surface area contributed by atoms with E-state index in [4.69, 9.17) is 0 Å². The summed E-state index contributed by atoms with van der Waals surface area (Å²) in [7, 11) is 0. The van der Waals surface area contributed by atoms with Crippen LogP contribution in [0.25, 0.3) is 0 Å². The van der Waals surface area contributed by atoms with Gasteiger partial charge in [0.05, 0.1) is 0 Å². The highest BCUT2D eigenvalue weighted by atomic mass is 28.1. The molecule has 0 heterocycles. The molecule has 4 heteroatoms. The van der Waals surface area contributed by atoms with E-state index in [1.807, 2.05) is 0 Å². The van der Waals surface area contributed by atoms with Crippen molar-refractivity contribution in [3.8, 4) is 0 Å². The summed E-state index contributed by atoms with van der Waals surface area (Å²) in [5.74, 6) is 0. The molecule has 0 radical (unpaired) electrons. The van der Waals surface area contributed by atoms with Gasteiger partial charge in [-0.15, -0.1) is 0 Å². The van der Waals surface area contributed by atoms with Crippen LogP contribution < -0.4 is 0 Å². The van der Waals surface area contributed by atoms with Gasteiger partial charge in [0.2, 0.25) is 0 Å². The number of rotatable bonds is 0. The standard InChI is InChI=1S/Al.Mg.2H4Si.5H/h;;2*1H4;;;;;. The zero-order valence-electron chi connectivity index (χ0n) is 0. The molecule has 0 bridgehead atoms. The van der Waals surface area contributed by atoms with Crippen molar-refractivity contribution in [2.75, 3.05) is 0 Å². The van der Waals surface area contributed by atoms with Gasteiger partial charge in [-0.05, 0) is 21.9 Å². The first-order valence-electron chi connectivity index (χ1n) is 0. The third kappa shape index (κ3) is 9.28. The fourth-order valence-electron chi connectivity index (χ4n) is 0. The van der Waals surface area contributed by atoms with Crippen molar-refractivity contribution < 1.29 is 0 Å². The molecule has 0 N–H and O–H groups in total. The molecule has 4 heavy (non-hydrogen) atoms. The van der Waals surface area contributed by atoms with Crippen LogP contribution >= 0.6 is 0 Å². The Balaban J connectivity index is 0. The molecule has 0 aromatic heterocycles. The summed E-state index contributed by atoms with van der Waals surface area (Å²) in [6.07, 6.45) is 0. The summed E-state index contributed by atoms with van der Waals surface area (Å²) in [6.45, 7) is 0. The maximum Gasteiger partial charge on any atom is 0.316 e. The molecule has 0 aliphatic carbocycles. The zero-order valence-corrected chi connectivity index (χ0v) is 0. The summed E-state index contributed by atoms with van der Waals surface area (Å²) >= 11 is 0. The monoisotopic (exact) mass is 120 g/mol. The molecule has 0 nitrogen and oxygen atoms in total. The van der Waals surface area contributed by atoms with Gasteiger partial charge in [-0.25, -0.2) is 0 Å². The van der Waals surface area contributed by atoms with Gasteiger partial charge in [0.1, 0.15) is 0 Å². The lowest BCUT2D eigenvalue weighted by molar-refractivity contribution is 5.75. The normalized spacial score (nSPS) is 0. The van der Waals surface area contributed by atoms with Crippen molar-refractivity contribution >= 4 is 62.3 Å². The summed E-state index contributed by atoms with van der Waals surface area (Å²) in [5.41, 5.74) is 0. The molecule has 26 valence electrons. The van der Waals surface area contributed by atoms with Gasteiger partial charge in [-0.3, -0.25) is 0 Å². The summed E-state index contributed by atoms with van der Waals surface area (Å²) in [4.78, 5) is 0. The molecule has 0 atom stereocenters. The van der Waals surface area contributed by atoms with Crippen LogP contribution in [-0.2, 0) is 0 Å². The van der Waals surface area contributed by atoms with E-state index in [9.17, 15) is 0 Å². The second-order valence-electron chi connectivity index (χ2n) is 0. The molecule has 0 aliphatic heterocycles. The van der Waals surface area contributed by atoms with Crippen LogP contribution in [-0.4, -0.2) is 62.3 Å². The molecule has 0 aromatic carbocycles. The minimum atomic E-state index is 0. The molecular weight excluding hydrogens is 107 g/mol. The Kier molecular flexibility index (Phi) is 235. The molecule has 0 amide bonds. The van der Waals surface area contributed by atoms with Gasteiger partial charge in [-0.2, -0.15) is 0 Å². The molecule has 0 unspecified atom stereocenters. The first kappa shape index (κ1) is 42.8. The zero-order chi connectivity index (χ0) is 0. The van der Waals surface area contributed by atoms with Crippen LogP contribution in [0.15, 0.2) is 0 Å². The second-order valence-corrected chi connectivity index (χ2v) is 0. The molecule has 0 rings (SSSR count). The summed E-state index contributed by atoms with van der Waals surface area (Å²) < 4.78 is 0. The van der Waals surface area contributed by atoms with Gasteiger partial charge in [-0.1, -0.05) is 0 Å². The van der Waals surface area contributed by atoms with Crippen LogP contribution in [0.1, 0.15) is 0 Å². The van der Waals surface area contributed by atoms with Crippen molar-refractivity contribution in [3.63, 3.8) is 0 Å². The lowest BCUT2D eigenvalue weighted by Crippen LogP contribution is -0.382. The van der Waals surface area contributed by atoms with E-state index in [0.717, 1.165) is 0 Å². The van der Waals surface area contributed by atoms with Crippen LogP contribution in [0.2, 0.25) is 0 Å². The Hall–Kier alpha value is 1.73. The Morgan fingerprint density at radius 3 is 0.750 bits per heavy atom. The first-order valence-corrected chi connectivity index (χ1v) is 0. The molecule has 0 fully saturated rings. The quantitative estimate of drug-likeness (QED) is 0.281. The molecule has 0 spiro atoms. The molecule has 0 saturated carbocycles.